The van der Waals surface area contributed by atoms with Gasteiger partial charge in [-0.05, 0) is 39.0 Å². The largest absolute Gasteiger partial charge is 0.354 e. The minimum absolute atomic E-state index is 0.00528. The molecule has 0 bridgehead atoms. The van der Waals surface area contributed by atoms with Gasteiger partial charge in [-0.2, -0.15) is 5.10 Å². The summed E-state index contributed by atoms with van der Waals surface area (Å²) in [5.41, 5.74) is 3.21. The molecular weight excluding hydrogens is 282 g/mol. The minimum atomic E-state index is 0.00528. The predicted octanol–water partition coefficient (Wildman–Crippen LogP) is 2.72. The first-order valence-electron chi connectivity index (χ1n) is 7.02. The highest BCUT2D eigenvalue weighted by molar-refractivity contribution is 7.99. The van der Waals surface area contributed by atoms with Crippen LogP contribution in [0.1, 0.15) is 17.0 Å². The third kappa shape index (κ3) is 4.93. The Bertz CT molecular complexity index is 604. The van der Waals surface area contributed by atoms with Gasteiger partial charge in [0, 0.05) is 22.9 Å². The second-order valence-corrected chi connectivity index (χ2v) is 6.26. The van der Waals surface area contributed by atoms with E-state index in [2.05, 4.69) is 41.6 Å². The second-order valence-electron chi connectivity index (χ2n) is 5.10. The van der Waals surface area contributed by atoms with Crippen molar-refractivity contribution in [2.45, 2.75) is 32.2 Å². The van der Waals surface area contributed by atoms with Crippen LogP contribution >= 0.6 is 11.8 Å². The zero-order chi connectivity index (χ0) is 15.2. The van der Waals surface area contributed by atoms with Gasteiger partial charge < -0.3 is 5.32 Å². The quantitative estimate of drug-likeness (QED) is 0.659. The van der Waals surface area contributed by atoms with Gasteiger partial charge in [-0.1, -0.05) is 17.7 Å². The lowest BCUT2D eigenvalue weighted by Crippen LogP contribution is -2.30. The third-order valence-electron chi connectivity index (χ3n) is 3.11. The van der Waals surface area contributed by atoms with E-state index in [1.165, 1.54) is 10.5 Å². The molecule has 0 aliphatic heterocycles. The molecule has 1 aromatic heterocycles. The topological polar surface area (TPSA) is 46.9 Å². The summed E-state index contributed by atoms with van der Waals surface area (Å²) in [4.78, 5) is 13.1. The summed E-state index contributed by atoms with van der Waals surface area (Å²) in [6.45, 7) is 6.92. The Labute approximate surface area is 129 Å². The molecule has 112 valence electrons. The molecule has 2 rings (SSSR count). The van der Waals surface area contributed by atoms with Crippen molar-refractivity contribution in [2.75, 3.05) is 12.3 Å². The number of benzene rings is 1. The molecule has 0 unspecified atom stereocenters. The first-order chi connectivity index (χ1) is 10.0. The Morgan fingerprint density at radius 1 is 1.24 bits per heavy atom. The first kappa shape index (κ1) is 15.6. The summed E-state index contributed by atoms with van der Waals surface area (Å²) in [6.07, 6.45) is 0. The average molecular weight is 303 g/mol. The maximum atomic E-state index is 11.8. The van der Waals surface area contributed by atoms with E-state index in [1.807, 2.05) is 19.9 Å². The van der Waals surface area contributed by atoms with Crippen LogP contribution in [0.3, 0.4) is 0 Å². The Morgan fingerprint density at radius 3 is 2.57 bits per heavy atom. The van der Waals surface area contributed by atoms with E-state index in [0.29, 0.717) is 6.54 Å². The van der Waals surface area contributed by atoms with Crippen molar-refractivity contribution in [2.24, 2.45) is 0 Å². The summed E-state index contributed by atoms with van der Waals surface area (Å²) in [5.74, 6) is 0.872. The third-order valence-corrected chi connectivity index (χ3v) is 4.12. The fraction of sp³-hybridized carbons (Fsp3) is 0.375. The fourth-order valence-electron chi connectivity index (χ4n) is 2.02. The number of hydrogen-bond acceptors (Lipinski definition) is 3. The molecule has 0 aliphatic carbocycles. The van der Waals surface area contributed by atoms with Gasteiger partial charge in [-0.15, -0.1) is 11.8 Å². The number of aromatic nitrogens is 2. The molecule has 21 heavy (non-hydrogen) atoms. The van der Waals surface area contributed by atoms with Crippen LogP contribution < -0.4 is 5.32 Å². The van der Waals surface area contributed by atoms with Gasteiger partial charge in [-0.25, -0.2) is 0 Å². The van der Waals surface area contributed by atoms with E-state index in [-0.39, 0.29) is 12.5 Å². The smallest absolute Gasteiger partial charge is 0.241 e. The molecule has 0 radical (unpaired) electrons. The van der Waals surface area contributed by atoms with Gasteiger partial charge in [0.25, 0.3) is 0 Å². The highest BCUT2D eigenvalue weighted by Crippen LogP contribution is 2.17. The summed E-state index contributed by atoms with van der Waals surface area (Å²) in [6, 6.07) is 10.4. The molecule has 1 heterocycles. The van der Waals surface area contributed by atoms with E-state index in [9.17, 15) is 4.79 Å². The van der Waals surface area contributed by atoms with E-state index in [0.717, 1.165) is 17.1 Å². The molecule has 1 aromatic carbocycles. The molecule has 0 spiro atoms. The summed E-state index contributed by atoms with van der Waals surface area (Å²) in [5, 5.41) is 7.21. The van der Waals surface area contributed by atoms with Crippen molar-refractivity contribution in [3.63, 3.8) is 0 Å². The van der Waals surface area contributed by atoms with Crippen LogP contribution in [0.25, 0.3) is 0 Å². The zero-order valence-electron chi connectivity index (χ0n) is 12.7. The SMILES string of the molecule is Cc1ccc(SCCNC(=O)Cn2nc(C)cc2C)cc1. The molecule has 2 aromatic rings. The van der Waals surface area contributed by atoms with Gasteiger partial charge >= 0.3 is 0 Å². The minimum Gasteiger partial charge on any atom is -0.354 e. The number of nitrogens with one attached hydrogen (secondary N) is 1. The van der Waals surface area contributed by atoms with Crippen molar-refractivity contribution in [3.8, 4) is 0 Å². The van der Waals surface area contributed by atoms with Crippen molar-refractivity contribution >= 4 is 17.7 Å². The molecule has 1 amide bonds. The molecule has 1 N–H and O–H groups in total. The molecule has 5 heteroatoms. The Balaban J connectivity index is 1.70. The van der Waals surface area contributed by atoms with E-state index in [1.54, 1.807) is 16.4 Å². The van der Waals surface area contributed by atoms with E-state index < -0.39 is 0 Å². The summed E-state index contributed by atoms with van der Waals surface area (Å²) >= 11 is 1.75. The molecule has 0 saturated heterocycles. The van der Waals surface area contributed by atoms with Gasteiger partial charge in [0.1, 0.15) is 6.54 Å². The number of carbonyl (C=O) groups is 1. The lowest BCUT2D eigenvalue weighted by Gasteiger charge is -2.07. The van der Waals surface area contributed by atoms with Crippen molar-refractivity contribution in [1.82, 2.24) is 15.1 Å². The maximum absolute atomic E-state index is 11.8. The van der Waals surface area contributed by atoms with Gasteiger partial charge in [-0.3, -0.25) is 9.48 Å². The van der Waals surface area contributed by atoms with Crippen LogP contribution in [-0.2, 0) is 11.3 Å². The normalized spacial score (nSPS) is 10.6. The molecule has 0 atom stereocenters. The molecule has 4 nitrogen and oxygen atoms in total. The van der Waals surface area contributed by atoms with Crippen LogP contribution in [0.2, 0.25) is 0 Å². The Kier molecular flexibility index (Phi) is 5.44. The molecule has 0 saturated carbocycles. The number of hydrogen-bond donors (Lipinski definition) is 1. The van der Waals surface area contributed by atoms with Crippen LogP contribution in [0.15, 0.2) is 35.2 Å². The molecular formula is C16H21N3OS. The lowest BCUT2D eigenvalue weighted by molar-refractivity contribution is -0.121. The standard InChI is InChI=1S/C16H21N3OS/c1-12-4-6-15(7-5-12)21-9-8-17-16(20)11-19-14(3)10-13(2)18-19/h4-7,10H,8-9,11H2,1-3H3,(H,17,20). The number of amides is 1. The van der Waals surface area contributed by atoms with Crippen molar-refractivity contribution < 1.29 is 4.79 Å². The monoisotopic (exact) mass is 303 g/mol. The predicted molar refractivity (Wildman–Crippen MR) is 86.6 cm³/mol. The van der Waals surface area contributed by atoms with Crippen LogP contribution in [0.4, 0.5) is 0 Å². The van der Waals surface area contributed by atoms with Crippen molar-refractivity contribution in [1.29, 1.82) is 0 Å². The number of carbonyl (C=O) groups excluding carboxylic acids is 1. The number of thioether (sulfide) groups is 1. The highest BCUT2D eigenvalue weighted by atomic mass is 32.2. The van der Waals surface area contributed by atoms with Gasteiger partial charge in [0.2, 0.25) is 5.91 Å². The number of nitrogens with zero attached hydrogens (tertiary/aromatic N) is 2. The Hall–Kier alpha value is -1.75. The lowest BCUT2D eigenvalue weighted by atomic mass is 10.2. The summed E-state index contributed by atoms with van der Waals surface area (Å²) in [7, 11) is 0. The van der Waals surface area contributed by atoms with E-state index in [4.69, 9.17) is 0 Å². The van der Waals surface area contributed by atoms with Crippen LogP contribution in [0.5, 0.6) is 0 Å². The maximum Gasteiger partial charge on any atom is 0.241 e. The van der Waals surface area contributed by atoms with E-state index >= 15 is 0 Å². The second kappa shape index (κ2) is 7.31. The highest BCUT2D eigenvalue weighted by Gasteiger charge is 2.06. The first-order valence-corrected chi connectivity index (χ1v) is 8.00. The zero-order valence-corrected chi connectivity index (χ0v) is 13.5. The van der Waals surface area contributed by atoms with Gasteiger partial charge in [0.05, 0.1) is 5.69 Å². The van der Waals surface area contributed by atoms with Crippen molar-refractivity contribution in [3.05, 3.63) is 47.3 Å². The Morgan fingerprint density at radius 2 is 1.95 bits per heavy atom. The van der Waals surface area contributed by atoms with Gasteiger partial charge in [0.15, 0.2) is 0 Å². The molecule has 0 fully saturated rings. The van der Waals surface area contributed by atoms with Crippen LogP contribution in [-0.4, -0.2) is 28.0 Å². The fourth-order valence-corrected chi connectivity index (χ4v) is 2.79. The molecule has 0 aliphatic rings. The summed E-state index contributed by atoms with van der Waals surface area (Å²) < 4.78 is 1.73. The number of rotatable bonds is 6. The average Bonchev–Trinajstić information content (AvgIpc) is 2.75. The van der Waals surface area contributed by atoms with Crippen LogP contribution in [0, 0.1) is 20.8 Å². The number of aryl methyl sites for hydroxylation is 3.